The first kappa shape index (κ1) is 17.9. The van der Waals surface area contributed by atoms with E-state index in [4.69, 9.17) is 4.74 Å². The average Bonchev–Trinajstić information content (AvgIpc) is 2.72. The molecule has 0 spiro atoms. The van der Waals surface area contributed by atoms with E-state index in [0.717, 1.165) is 0 Å². The van der Waals surface area contributed by atoms with Crippen molar-refractivity contribution in [2.75, 3.05) is 11.5 Å². The lowest BCUT2D eigenvalue weighted by Gasteiger charge is -2.30. The molecule has 0 unspecified atom stereocenters. The summed E-state index contributed by atoms with van der Waals surface area (Å²) in [6.07, 6.45) is 0. The summed E-state index contributed by atoms with van der Waals surface area (Å²) in [6, 6.07) is 19.8. The number of ether oxygens (including phenoxy) is 1. The molecule has 1 heterocycles. The van der Waals surface area contributed by atoms with Crippen molar-refractivity contribution in [3.63, 3.8) is 0 Å². The highest BCUT2D eigenvalue weighted by molar-refractivity contribution is 7.85. The van der Waals surface area contributed by atoms with Crippen LogP contribution in [0.1, 0.15) is 0 Å². The van der Waals surface area contributed by atoms with E-state index in [1.54, 1.807) is 54.6 Å². The zero-order valence-electron chi connectivity index (χ0n) is 14.5. The van der Waals surface area contributed by atoms with Gasteiger partial charge in [-0.3, -0.25) is 19.8 Å². The Balaban J connectivity index is 1.68. The number of nitro benzene ring substituents is 1. The normalized spacial score (nSPS) is 12.8. The van der Waals surface area contributed by atoms with Gasteiger partial charge in [-0.15, -0.1) is 0 Å². The lowest BCUT2D eigenvalue weighted by atomic mass is 10.2. The van der Waals surface area contributed by atoms with Gasteiger partial charge >= 0.3 is 5.69 Å². The number of carbonyl (C=O) groups excluding carboxylic acids is 1. The average molecular weight is 394 g/mol. The summed E-state index contributed by atoms with van der Waals surface area (Å²) in [4.78, 5) is 26.1. The van der Waals surface area contributed by atoms with Crippen molar-refractivity contribution in [2.24, 2.45) is 0 Å². The van der Waals surface area contributed by atoms with Gasteiger partial charge in [-0.1, -0.05) is 36.4 Å². The van der Waals surface area contributed by atoms with Crippen LogP contribution in [0.3, 0.4) is 0 Å². The number of hydrogen-bond acceptors (Lipinski definition) is 5. The predicted molar refractivity (Wildman–Crippen MR) is 103 cm³/mol. The first-order valence-electron chi connectivity index (χ1n) is 8.37. The van der Waals surface area contributed by atoms with Crippen molar-refractivity contribution in [3.05, 3.63) is 82.9 Å². The fraction of sp³-hybridized carbons (Fsp3) is 0.0500. The number of para-hydroxylation sites is 4. The van der Waals surface area contributed by atoms with E-state index in [0.29, 0.717) is 21.2 Å². The molecule has 8 heteroatoms. The van der Waals surface area contributed by atoms with Gasteiger partial charge in [-0.2, -0.15) is 0 Å². The maximum absolute atomic E-state index is 13.0. The first-order chi connectivity index (χ1) is 13.6. The second-order valence-electron chi connectivity index (χ2n) is 5.95. The Kier molecular flexibility index (Phi) is 4.62. The van der Waals surface area contributed by atoms with Crippen LogP contribution in [0.2, 0.25) is 0 Å². The molecule has 0 atom stereocenters. The number of carbonyl (C=O) groups is 1. The second kappa shape index (κ2) is 7.24. The van der Waals surface area contributed by atoms with Crippen molar-refractivity contribution in [3.8, 4) is 5.75 Å². The van der Waals surface area contributed by atoms with Crippen LogP contribution in [-0.2, 0) is 15.6 Å². The van der Waals surface area contributed by atoms with Crippen molar-refractivity contribution < 1.29 is 18.7 Å². The Hall–Kier alpha value is -3.52. The van der Waals surface area contributed by atoms with E-state index in [1.165, 1.54) is 23.1 Å². The highest BCUT2D eigenvalue weighted by Crippen LogP contribution is 2.41. The molecule has 0 saturated heterocycles. The summed E-state index contributed by atoms with van der Waals surface area (Å²) in [5, 5.41) is 11.1. The summed E-state index contributed by atoms with van der Waals surface area (Å²) < 4.78 is 18.3. The Morgan fingerprint density at radius 1 is 0.929 bits per heavy atom. The highest BCUT2D eigenvalue weighted by atomic mass is 32.2. The van der Waals surface area contributed by atoms with Crippen LogP contribution < -0.4 is 9.64 Å². The van der Waals surface area contributed by atoms with E-state index in [1.807, 2.05) is 0 Å². The van der Waals surface area contributed by atoms with Crippen LogP contribution in [0.5, 0.6) is 5.75 Å². The number of rotatable bonds is 4. The van der Waals surface area contributed by atoms with Gasteiger partial charge in [0.25, 0.3) is 5.91 Å². The van der Waals surface area contributed by atoms with E-state index in [-0.39, 0.29) is 11.4 Å². The SMILES string of the molecule is O=C(COc1ccccc1[N+](=O)[O-])N1c2ccccc2S(=O)c2ccccc21. The van der Waals surface area contributed by atoms with Gasteiger partial charge in [0.1, 0.15) is 0 Å². The van der Waals surface area contributed by atoms with E-state index in [2.05, 4.69) is 0 Å². The van der Waals surface area contributed by atoms with E-state index >= 15 is 0 Å². The van der Waals surface area contributed by atoms with Crippen LogP contribution >= 0.6 is 0 Å². The third kappa shape index (κ3) is 3.03. The number of amides is 1. The van der Waals surface area contributed by atoms with E-state index < -0.39 is 28.2 Å². The molecule has 1 aliphatic heterocycles. The molecular formula is C20H14N2O5S. The van der Waals surface area contributed by atoms with Gasteiger partial charge in [0, 0.05) is 6.07 Å². The minimum absolute atomic E-state index is 0.0167. The van der Waals surface area contributed by atoms with Crippen LogP contribution in [0.15, 0.2) is 82.6 Å². The highest BCUT2D eigenvalue weighted by Gasteiger charge is 2.32. The molecular weight excluding hydrogens is 380 g/mol. The summed E-state index contributed by atoms with van der Waals surface area (Å²) >= 11 is 0. The van der Waals surface area contributed by atoms with Gasteiger partial charge in [0.15, 0.2) is 12.4 Å². The molecule has 3 aromatic rings. The number of benzene rings is 3. The fourth-order valence-electron chi connectivity index (χ4n) is 3.05. The molecule has 0 saturated carbocycles. The van der Waals surface area contributed by atoms with Crippen molar-refractivity contribution in [1.29, 1.82) is 0 Å². The van der Waals surface area contributed by atoms with Crippen molar-refractivity contribution in [2.45, 2.75) is 9.79 Å². The molecule has 7 nitrogen and oxygen atoms in total. The largest absolute Gasteiger partial charge is 0.477 e. The lowest BCUT2D eigenvalue weighted by Crippen LogP contribution is -2.34. The van der Waals surface area contributed by atoms with Crippen LogP contribution in [0.25, 0.3) is 0 Å². The topological polar surface area (TPSA) is 89.8 Å². The Bertz CT molecular complexity index is 1070. The van der Waals surface area contributed by atoms with Gasteiger partial charge in [-0.25, -0.2) is 4.21 Å². The van der Waals surface area contributed by atoms with Gasteiger partial charge in [-0.05, 0) is 30.3 Å². The summed E-state index contributed by atoms with van der Waals surface area (Å²) in [6.45, 7) is -0.403. The molecule has 4 rings (SSSR count). The Morgan fingerprint density at radius 3 is 2.07 bits per heavy atom. The van der Waals surface area contributed by atoms with Crippen LogP contribution in [-0.4, -0.2) is 21.6 Å². The number of fused-ring (bicyclic) bond motifs is 2. The molecule has 1 amide bonds. The zero-order valence-corrected chi connectivity index (χ0v) is 15.3. The molecule has 0 bridgehead atoms. The second-order valence-corrected chi connectivity index (χ2v) is 7.36. The predicted octanol–water partition coefficient (Wildman–Crippen LogP) is 3.82. The quantitative estimate of drug-likeness (QED) is 0.496. The first-order valence-corrected chi connectivity index (χ1v) is 9.52. The maximum Gasteiger partial charge on any atom is 0.310 e. The molecule has 1 aliphatic rings. The summed E-state index contributed by atoms with van der Waals surface area (Å²) in [7, 11) is -1.40. The molecule has 140 valence electrons. The standard InChI is InChI=1S/C20H14N2O5S/c23-20(13-27-17-10-4-1-7-14(17)22(24)25)21-15-8-2-5-11-18(15)28(26)19-12-6-3-9-16(19)21/h1-12H,13H2. The molecule has 3 aromatic carbocycles. The lowest BCUT2D eigenvalue weighted by molar-refractivity contribution is -0.385. The maximum atomic E-state index is 13.0. The number of hydrogen-bond donors (Lipinski definition) is 0. The monoisotopic (exact) mass is 394 g/mol. The van der Waals surface area contributed by atoms with Crippen molar-refractivity contribution >= 4 is 33.8 Å². The molecule has 0 radical (unpaired) electrons. The molecule has 28 heavy (non-hydrogen) atoms. The smallest absolute Gasteiger partial charge is 0.310 e. The van der Waals surface area contributed by atoms with Crippen LogP contribution in [0, 0.1) is 10.1 Å². The molecule has 0 N–H and O–H groups in total. The zero-order chi connectivity index (χ0) is 19.7. The third-order valence-corrected chi connectivity index (χ3v) is 5.76. The van der Waals surface area contributed by atoms with Gasteiger partial charge < -0.3 is 4.74 Å². The third-order valence-electron chi connectivity index (χ3n) is 4.27. The van der Waals surface area contributed by atoms with Crippen molar-refractivity contribution in [1.82, 2.24) is 0 Å². The van der Waals surface area contributed by atoms with Gasteiger partial charge in [0.05, 0.1) is 36.9 Å². The number of nitro groups is 1. The Labute approximate surface area is 162 Å². The summed E-state index contributed by atoms with van der Waals surface area (Å²) in [5.41, 5.74) is 0.808. The van der Waals surface area contributed by atoms with E-state index in [9.17, 15) is 19.1 Å². The summed E-state index contributed by atoms with van der Waals surface area (Å²) in [5.74, 6) is -0.405. The Morgan fingerprint density at radius 2 is 1.46 bits per heavy atom. The number of anilines is 2. The molecule has 0 fully saturated rings. The minimum Gasteiger partial charge on any atom is -0.477 e. The fourth-order valence-corrected chi connectivity index (χ4v) is 4.39. The van der Waals surface area contributed by atoms with Gasteiger partial charge in [0.2, 0.25) is 0 Å². The molecule has 0 aromatic heterocycles. The van der Waals surface area contributed by atoms with Crippen LogP contribution in [0.4, 0.5) is 17.1 Å². The number of nitrogens with zero attached hydrogens (tertiary/aromatic N) is 2. The minimum atomic E-state index is -1.40. The molecule has 0 aliphatic carbocycles.